The molecule has 0 saturated carbocycles. The lowest BCUT2D eigenvalue weighted by atomic mass is 10.1. The summed E-state index contributed by atoms with van der Waals surface area (Å²) in [6.45, 7) is 0.466. The fourth-order valence-corrected chi connectivity index (χ4v) is 1.32. The van der Waals surface area contributed by atoms with Crippen LogP contribution in [0.1, 0.15) is 19.3 Å². The van der Waals surface area contributed by atoms with E-state index < -0.39 is 12.1 Å². The maximum atomic E-state index is 10.2. The Hall–Kier alpha value is -1.55. The van der Waals surface area contributed by atoms with Gasteiger partial charge in [-0.3, -0.25) is 0 Å². The molecule has 1 N–H and O–H groups in total. The van der Waals surface area contributed by atoms with Crippen LogP contribution in [-0.2, 0) is 4.79 Å². The number of rotatable bonds is 7. The summed E-state index contributed by atoms with van der Waals surface area (Å²) in [6.07, 6.45) is -0.139. The number of aliphatic hydroxyl groups is 1. The van der Waals surface area contributed by atoms with E-state index in [0.29, 0.717) is 19.4 Å². The zero-order chi connectivity index (χ0) is 11.8. The number of hydrogen-bond donors (Lipinski definition) is 1. The van der Waals surface area contributed by atoms with Gasteiger partial charge in [-0.15, -0.1) is 0 Å². The molecule has 0 saturated heterocycles. The molecule has 0 spiro atoms. The van der Waals surface area contributed by atoms with Gasteiger partial charge in [0.1, 0.15) is 5.75 Å². The number of hydrogen-bond acceptors (Lipinski definition) is 4. The van der Waals surface area contributed by atoms with Crippen molar-refractivity contribution in [3.63, 3.8) is 0 Å². The highest BCUT2D eigenvalue weighted by Crippen LogP contribution is 2.09. The molecule has 1 atom stereocenters. The van der Waals surface area contributed by atoms with E-state index in [0.717, 1.165) is 5.75 Å². The fourth-order valence-electron chi connectivity index (χ4n) is 1.32. The quantitative estimate of drug-likeness (QED) is 0.677. The Morgan fingerprint density at radius 1 is 1.38 bits per heavy atom. The number of ether oxygens (including phenoxy) is 1. The van der Waals surface area contributed by atoms with Gasteiger partial charge < -0.3 is 19.7 Å². The third kappa shape index (κ3) is 5.36. The molecule has 0 bridgehead atoms. The van der Waals surface area contributed by atoms with Gasteiger partial charge in [0.25, 0.3) is 0 Å². The number of carbonyl (C=O) groups excluding carboxylic acids is 1. The summed E-state index contributed by atoms with van der Waals surface area (Å²) in [5.74, 6) is -0.451. The molecule has 0 aliphatic carbocycles. The molecule has 1 rings (SSSR count). The molecule has 4 nitrogen and oxygen atoms in total. The third-order valence-electron chi connectivity index (χ3n) is 2.10. The van der Waals surface area contributed by atoms with Crippen molar-refractivity contribution in [2.75, 3.05) is 6.61 Å². The molecule has 0 aromatic heterocycles. The fraction of sp³-hybridized carbons (Fsp3) is 0.417. The van der Waals surface area contributed by atoms with Crippen LogP contribution < -0.4 is 9.84 Å². The second-order valence-electron chi connectivity index (χ2n) is 3.53. The molecule has 0 aliphatic rings. The second kappa shape index (κ2) is 6.85. The molecule has 1 aromatic carbocycles. The molecule has 0 fully saturated rings. The van der Waals surface area contributed by atoms with Crippen molar-refractivity contribution < 1.29 is 19.7 Å². The number of para-hydroxylation sites is 1. The third-order valence-corrected chi connectivity index (χ3v) is 2.10. The first kappa shape index (κ1) is 12.5. The summed E-state index contributed by atoms with van der Waals surface area (Å²) in [4.78, 5) is 10.2. The smallest absolute Gasteiger partial charge is 0.119 e. The van der Waals surface area contributed by atoms with E-state index in [1.807, 2.05) is 30.3 Å². The predicted molar refractivity (Wildman–Crippen MR) is 56.8 cm³/mol. The van der Waals surface area contributed by atoms with E-state index >= 15 is 0 Å². The minimum atomic E-state index is -1.23. The Kier molecular flexibility index (Phi) is 5.36. The summed E-state index contributed by atoms with van der Waals surface area (Å²) >= 11 is 0. The molecular formula is C12H15O4-. The standard InChI is InChI=1S/C12H16O4/c13-10(9-12(14)15)5-4-8-16-11-6-2-1-3-7-11/h1-3,6-7,10,13H,4-5,8-9H2,(H,14,15)/p-1. The van der Waals surface area contributed by atoms with Crippen LogP contribution in [0.2, 0.25) is 0 Å². The summed E-state index contributed by atoms with van der Waals surface area (Å²) in [6, 6.07) is 9.34. The Morgan fingerprint density at radius 3 is 2.69 bits per heavy atom. The largest absolute Gasteiger partial charge is 0.550 e. The first-order valence-electron chi connectivity index (χ1n) is 5.24. The number of carboxylic acid groups (broad SMARTS) is 1. The molecule has 1 unspecified atom stereocenters. The van der Waals surface area contributed by atoms with Gasteiger partial charge in [0.2, 0.25) is 0 Å². The van der Waals surface area contributed by atoms with Crippen LogP contribution in [0.15, 0.2) is 30.3 Å². The van der Waals surface area contributed by atoms with Crippen molar-refractivity contribution in [3.8, 4) is 5.75 Å². The Balaban J connectivity index is 2.10. The summed E-state index contributed by atoms with van der Waals surface area (Å²) in [7, 11) is 0. The van der Waals surface area contributed by atoms with E-state index in [1.165, 1.54) is 0 Å². The van der Waals surface area contributed by atoms with Crippen LogP contribution in [0.4, 0.5) is 0 Å². The summed E-state index contributed by atoms with van der Waals surface area (Å²) in [5, 5.41) is 19.4. The highest BCUT2D eigenvalue weighted by molar-refractivity contribution is 5.64. The van der Waals surface area contributed by atoms with Crippen LogP contribution in [0.5, 0.6) is 5.75 Å². The van der Waals surface area contributed by atoms with E-state index in [9.17, 15) is 15.0 Å². The van der Waals surface area contributed by atoms with Crippen molar-refractivity contribution in [1.82, 2.24) is 0 Å². The molecule has 0 amide bonds. The van der Waals surface area contributed by atoms with Crippen LogP contribution >= 0.6 is 0 Å². The summed E-state index contributed by atoms with van der Waals surface area (Å²) < 4.78 is 5.39. The van der Waals surface area contributed by atoms with E-state index in [1.54, 1.807) is 0 Å². The van der Waals surface area contributed by atoms with E-state index in [-0.39, 0.29) is 6.42 Å². The molecule has 4 heteroatoms. The number of benzene rings is 1. The molecule has 1 aromatic rings. The highest BCUT2D eigenvalue weighted by atomic mass is 16.5. The lowest BCUT2D eigenvalue weighted by Crippen LogP contribution is -2.27. The molecule has 0 radical (unpaired) electrons. The monoisotopic (exact) mass is 223 g/mol. The average molecular weight is 223 g/mol. The normalized spacial score (nSPS) is 12.1. The SMILES string of the molecule is O=C([O-])CC(O)CCCOc1ccccc1. The predicted octanol–water partition coefficient (Wildman–Crippen LogP) is 0.346. The van der Waals surface area contributed by atoms with Crippen LogP contribution in [0.25, 0.3) is 0 Å². The van der Waals surface area contributed by atoms with Gasteiger partial charge in [-0.05, 0) is 25.0 Å². The Bertz CT molecular complexity index is 310. The van der Waals surface area contributed by atoms with Crippen molar-refractivity contribution >= 4 is 5.97 Å². The summed E-state index contributed by atoms with van der Waals surface area (Å²) in [5.41, 5.74) is 0. The van der Waals surface area contributed by atoms with Gasteiger partial charge in [-0.2, -0.15) is 0 Å². The maximum Gasteiger partial charge on any atom is 0.119 e. The topological polar surface area (TPSA) is 69.6 Å². The first-order valence-corrected chi connectivity index (χ1v) is 5.24. The number of aliphatic hydroxyl groups excluding tert-OH is 1. The van der Waals surface area contributed by atoms with Crippen molar-refractivity contribution in [1.29, 1.82) is 0 Å². The lowest BCUT2D eigenvalue weighted by molar-refractivity contribution is -0.307. The van der Waals surface area contributed by atoms with Gasteiger partial charge in [0.05, 0.1) is 12.7 Å². The molecule has 0 aliphatic heterocycles. The Morgan fingerprint density at radius 2 is 2.06 bits per heavy atom. The minimum absolute atomic E-state index is 0.314. The number of aliphatic carboxylic acids is 1. The minimum Gasteiger partial charge on any atom is -0.550 e. The second-order valence-corrected chi connectivity index (χ2v) is 3.53. The zero-order valence-corrected chi connectivity index (χ0v) is 8.96. The maximum absolute atomic E-state index is 10.2. The van der Waals surface area contributed by atoms with Gasteiger partial charge in [0, 0.05) is 12.4 Å². The lowest BCUT2D eigenvalue weighted by Gasteiger charge is -2.11. The molecule has 0 heterocycles. The van der Waals surface area contributed by atoms with E-state index in [4.69, 9.17) is 4.74 Å². The number of carbonyl (C=O) groups is 1. The van der Waals surface area contributed by atoms with Gasteiger partial charge in [0.15, 0.2) is 0 Å². The Labute approximate surface area is 94.5 Å². The van der Waals surface area contributed by atoms with Crippen LogP contribution in [0.3, 0.4) is 0 Å². The van der Waals surface area contributed by atoms with Crippen molar-refractivity contribution in [2.24, 2.45) is 0 Å². The van der Waals surface area contributed by atoms with E-state index in [2.05, 4.69) is 0 Å². The molecule has 16 heavy (non-hydrogen) atoms. The van der Waals surface area contributed by atoms with Gasteiger partial charge in [-0.25, -0.2) is 0 Å². The molecule has 88 valence electrons. The van der Waals surface area contributed by atoms with Gasteiger partial charge >= 0.3 is 0 Å². The van der Waals surface area contributed by atoms with Crippen molar-refractivity contribution in [2.45, 2.75) is 25.4 Å². The van der Waals surface area contributed by atoms with Crippen LogP contribution in [0, 0.1) is 0 Å². The molecular weight excluding hydrogens is 208 g/mol. The van der Waals surface area contributed by atoms with Gasteiger partial charge in [-0.1, -0.05) is 18.2 Å². The average Bonchev–Trinajstić information content (AvgIpc) is 2.25. The zero-order valence-electron chi connectivity index (χ0n) is 8.96. The highest BCUT2D eigenvalue weighted by Gasteiger charge is 2.04. The van der Waals surface area contributed by atoms with Crippen LogP contribution in [-0.4, -0.2) is 23.8 Å². The first-order chi connectivity index (χ1) is 7.68. The van der Waals surface area contributed by atoms with Crippen molar-refractivity contribution in [3.05, 3.63) is 30.3 Å². The number of carboxylic acids is 1.